The third-order valence-corrected chi connectivity index (χ3v) is 2.66. The van der Waals surface area contributed by atoms with Crippen molar-refractivity contribution in [2.24, 2.45) is 5.92 Å². The predicted molar refractivity (Wildman–Crippen MR) is 81.4 cm³/mol. The van der Waals surface area contributed by atoms with E-state index in [1.807, 2.05) is 44.2 Å². The Morgan fingerprint density at radius 3 is 2.43 bits per heavy atom. The Balaban J connectivity index is 2.50. The first-order chi connectivity index (χ1) is 10.0. The smallest absolute Gasteiger partial charge is 0.347 e. The lowest BCUT2D eigenvalue weighted by molar-refractivity contribution is -0.166. The monoisotopic (exact) mass is 290 g/mol. The highest BCUT2D eigenvalue weighted by Gasteiger charge is 2.21. The van der Waals surface area contributed by atoms with Crippen LogP contribution in [0, 0.1) is 5.92 Å². The summed E-state index contributed by atoms with van der Waals surface area (Å²) in [6.07, 6.45) is 2.50. The summed E-state index contributed by atoms with van der Waals surface area (Å²) in [7, 11) is 0. The molecule has 1 aromatic carbocycles. The first-order valence-electron chi connectivity index (χ1n) is 7.13. The van der Waals surface area contributed by atoms with Crippen molar-refractivity contribution in [2.75, 3.05) is 6.61 Å². The van der Waals surface area contributed by atoms with Crippen LogP contribution in [0.15, 0.2) is 36.4 Å². The van der Waals surface area contributed by atoms with E-state index in [0.717, 1.165) is 5.56 Å². The zero-order valence-electron chi connectivity index (χ0n) is 12.7. The molecule has 0 N–H and O–H groups in total. The minimum Gasteiger partial charge on any atom is -0.463 e. The lowest BCUT2D eigenvalue weighted by Gasteiger charge is -2.15. The van der Waals surface area contributed by atoms with Crippen molar-refractivity contribution < 1.29 is 19.1 Å². The topological polar surface area (TPSA) is 52.6 Å². The molecule has 0 radical (unpaired) electrons. The molecule has 0 aliphatic carbocycles. The number of carbonyl (C=O) groups excluding carboxylic acids is 2. The lowest BCUT2D eigenvalue weighted by atomic mass is 10.2. The van der Waals surface area contributed by atoms with Crippen LogP contribution in [-0.4, -0.2) is 24.6 Å². The van der Waals surface area contributed by atoms with Crippen LogP contribution in [-0.2, 0) is 19.1 Å². The van der Waals surface area contributed by atoms with E-state index >= 15 is 0 Å². The van der Waals surface area contributed by atoms with Crippen LogP contribution in [0.2, 0.25) is 0 Å². The van der Waals surface area contributed by atoms with E-state index in [0.29, 0.717) is 13.0 Å². The average molecular weight is 290 g/mol. The van der Waals surface area contributed by atoms with Crippen molar-refractivity contribution in [3.05, 3.63) is 42.0 Å². The maximum Gasteiger partial charge on any atom is 0.347 e. The number of benzene rings is 1. The fourth-order valence-electron chi connectivity index (χ4n) is 1.55. The Kier molecular flexibility index (Phi) is 7.23. The van der Waals surface area contributed by atoms with Crippen molar-refractivity contribution in [1.29, 1.82) is 0 Å². The predicted octanol–water partition coefficient (Wildman–Crippen LogP) is 3.22. The molecule has 0 heterocycles. The second-order valence-electron chi connectivity index (χ2n) is 5.10. The molecular weight excluding hydrogens is 268 g/mol. The van der Waals surface area contributed by atoms with Gasteiger partial charge in [-0.1, -0.05) is 51.1 Å². The van der Waals surface area contributed by atoms with Crippen LogP contribution in [0.3, 0.4) is 0 Å². The van der Waals surface area contributed by atoms with Gasteiger partial charge < -0.3 is 9.47 Å². The molecular formula is C17H22O4. The van der Waals surface area contributed by atoms with Gasteiger partial charge in [-0.05, 0) is 24.0 Å². The maximum absolute atomic E-state index is 11.8. The number of rotatable bonds is 7. The Bertz CT molecular complexity index is 477. The molecule has 4 heteroatoms. The summed E-state index contributed by atoms with van der Waals surface area (Å²) in [4.78, 5) is 23.5. The van der Waals surface area contributed by atoms with Gasteiger partial charge in [0.05, 0.1) is 6.61 Å². The standard InChI is InChI=1S/C17H22O4/c1-4-15(17(19)20-12-13(2)3)21-16(18)11-10-14-8-6-5-7-9-14/h5-11,13,15H,4,12H2,1-3H3. The van der Waals surface area contributed by atoms with Crippen molar-refractivity contribution in [2.45, 2.75) is 33.3 Å². The molecule has 0 spiro atoms. The second kappa shape index (κ2) is 8.95. The first kappa shape index (κ1) is 17.0. The quantitative estimate of drug-likeness (QED) is 0.571. The van der Waals surface area contributed by atoms with Gasteiger partial charge in [-0.25, -0.2) is 9.59 Å². The molecule has 0 aliphatic heterocycles. The van der Waals surface area contributed by atoms with E-state index in [2.05, 4.69) is 0 Å². The molecule has 0 saturated carbocycles. The number of esters is 2. The summed E-state index contributed by atoms with van der Waals surface area (Å²) in [5.41, 5.74) is 0.893. The SMILES string of the molecule is CCC(OC(=O)C=Cc1ccccc1)C(=O)OCC(C)C. The van der Waals surface area contributed by atoms with Gasteiger partial charge in [-0.15, -0.1) is 0 Å². The molecule has 4 nitrogen and oxygen atoms in total. The van der Waals surface area contributed by atoms with Crippen molar-refractivity contribution in [3.63, 3.8) is 0 Å². The third kappa shape index (κ3) is 6.75. The van der Waals surface area contributed by atoms with Crippen LogP contribution in [0.5, 0.6) is 0 Å². The Morgan fingerprint density at radius 2 is 1.86 bits per heavy atom. The molecule has 0 fully saturated rings. The highest BCUT2D eigenvalue weighted by atomic mass is 16.6. The van der Waals surface area contributed by atoms with Gasteiger partial charge >= 0.3 is 11.9 Å². The highest BCUT2D eigenvalue weighted by Crippen LogP contribution is 2.06. The van der Waals surface area contributed by atoms with Gasteiger partial charge in [0.15, 0.2) is 6.10 Å². The molecule has 21 heavy (non-hydrogen) atoms. The molecule has 1 unspecified atom stereocenters. The second-order valence-corrected chi connectivity index (χ2v) is 5.10. The maximum atomic E-state index is 11.8. The Hall–Kier alpha value is -2.10. The number of hydrogen-bond acceptors (Lipinski definition) is 4. The van der Waals surface area contributed by atoms with E-state index < -0.39 is 18.0 Å². The summed E-state index contributed by atoms with van der Waals surface area (Å²) < 4.78 is 10.2. The van der Waals surface area contributed by atoms with Crippen LogP contribution in [0.1, 0.15) is 32.8 Å². The summed E-state index contributed by atoms with van der Waals surface area (Å²) in [6, 6.07) is 9.40. The highest BCUT2D eigenvalue weighted by molar-refractivity contribution is 5.89. The van der Waals surface area contributed by atoms with Crippen LogP contribution < -0.4 is 0 Å². The first-order valence-corrected chi connectivity index (χ1v) is 7.13. The van der Waals surface area contributed by atoms with Crippen molar-refractivity contribution >= 4 is 18.0 Å². The van der Waals surface area contributed by atoms with E-state index in [1.54, 1.807) is 13.0 Å². The number of hydrogen-bond donors (Lipinski definition) is 0. The van der Waals surface area contributed by atoms with Gasteiger partial charge in [0.2, 0.25) is 0 Å². The molecule has 0 amide bonds. The number of carbonyl (C=O) groups is 2. The fourth-order valence-corrected chi connectivity index (χ4v) is 1.55. The van der Waals surface area contributed by atoms with Crippen LogP contribution >= 0.6 is 0 Å². The zero-order valence-corrected chi connectivity index (χ0v) is 12.7. The molecule has 1 atom stereocenters. The Labute approximate surface area is 125 Å². The van der Waals surface area contributed by atoms with E-state index in [-0.39, 0.29) is 5.92 Å². The van der Waals surface area contributed by atoms with Gasteiger partial charge in [-0.3, -0.25) is 0 Å². The third-order valence-electron chi connectivity index (χ3n) is 2.66. The van der Waals surface area contributed by atoms with Gasteiger partial charge in [0.25, 0.3) is 0 Å². The summed E-state index contributed by atoms with van der Waals surface area (Å²) in [5.74, 6) is -0.792. The van der Waals surface area contributed by atoms with Gasteiger partial charge in [0, 0.05) is 6.08 Å². The number of ether oxygens (including phenoxy) is 2. The largest absolute Gasteiger partial charge is 0.463 e. The lowest BCUT2D eigenvalue weighted by Crippen LogP contribution is -2.29. The summed E-state index contributed by atoms with van der Waals surface area (Å²) in [5, 5.41) is 0. The minimum absolute atomic E-state index is 0.250. The molecule has 0 bridgehead atoms. The molecule has 114 valence electrons. The summed E-state index contributed by atoms with van der Waals surface area (Å²) >= 11 is 0. The summed E-state index contributed by atoms with van der Waals surface area (Å²) in [6.45, 7) is 5.99. The molecule has 1 rings (SSSR count). The molecule has 1 aromatic rings. The van der Waals surface area contributed by atoms with Crippen molar-refractivity contribution in [1.82, 2.24) is 0 Å². The van der Waals surface area contributed by atoms with E-state index in [9.17, 15) is 9.59 Å². The van der Waals surface area contributed by atoms with Crippen LogP contribution in [0.4, 0.5) is 0 Å². The normalized spacial score (nSPS) is 12.4. The minimum atomic E-state index is -0.850. The molecule has 0 saturated heterocycles. The van der Waals surface area contributed by atoms with Gasteiger partial charge in [-0.2, -0.15) is 0 Å². The average Bonchev–Trinajstić information content (AvgIpc) is 2.49. The van der Waals surface area contributed by atoms with Crippen molar-refractivity contribution in [3.8, 4) is 0 Å². The fraction of sp³-hybridized carbons (Fsp3) is 0.412. The van der Waals surface area contributed by atoms with Gasteiger partial charge in [0.1, 0.15) is 0 Å². The Morgan fingerprint density at radius 1 is 1.19 bits per heavy atom. The van der Waals surface area contributed by atoms with Crippen LogP contribution in [0.25, 0.3) is 6.08 Å². The zero-order chi connectivity index (χ0) is 15.7. The molecule has 0 aromatic heterocycles. The van der Waals surface area contributed by atoms with E-state index in [4.69, 9.17) is 9.47 Å². The molecule has 0 aliphatic rings. The van der Waals surface area contributed by atoms with E-state index in [1.165, 1.54) is 6.08 Å².